The minimum absolute atomic E-state index is 0.376. The lowest BCUT2D eigenvalue weighted by Crippen LogP contribution is -2.49. The van der Waals surface area contributed by atoms with Crippen LogP contribution in [0.1, 0.15) is 62.8 Å². The highest BCUT2D eigenvalue weighted by atomic mass is 16.5. The fourth-order valence-corrected chi connectivity index (χ4v) is 4.49. The topological polar surface area (TPSA) is 64.3 Å². The minimum atomic E-state index is -0.835. The standard InChI is InChI=1S/C17H24N2O3/c20-15(21)17(7-5-16(6-8-17)3-1-4-16)19-11-14(10-18-19)13-2-9-22-12-13/h10-11,13H,1-9,12H2,(H,20,21). The number of aliphatic carboxylic acids is 1. The van der Waals surface area contributed by atoms with Gasteiger partial charge in [0.2, 0.25) is 0 Å². The Bertz CT molecular complexity index is 560. The molecule has 0 aromatic carbocycles. The Morgan fingerprint density at radius 1 is 1.27 bits per heavy atom. The van der Waals surface area contributed by atoms with Crippen molar-refractivity contribution in [2.24, 2.45) is 5.41 Å². The van der Waals surface area contributed by atoms with Crippen LogP contribution in [0.2, 0.25) is 0 Å². The third kappa shape index (κ3) is 2.09. The molecule has 1 aromatic rings. The van der Waals surface area contributed by atoms with E-state index in [4.69, 9.17) is 4.74 Å². The maximum Gasteiger partial charge on any atom is 0.331 e. The van der Waals surface area contributed by atoms with Gasteiger partial charge in [0.05, 0.1) is 12.8 Å². The normalized spacial score (nSPS) is 29.4. The molecule has 1 spiro atoms. The summed E-state index contributed by atoms with van der Waals surface area (Å²) in [5.74, 6) is -0.347. The summed E-state index contributed by atoms with van der Waals surface area (Å²) in [6.07, 6.45) is 12.2. The van der Waals surface area contributed by atoms with E-state index in [0.29, 0.717) is 24.2 Å². The smallest absolute Gasteiger partial charge is 0.331 e. The van der Waals surface area contributed by atoms with Crippen molar-refractivity contribution in [2.75, 3.05) is 13.2 Å². The first-order valence-corrected chi connectivity index (χ1v) is 8.50. The van der Waals surface area contributed by atoms with Crippen molar-refractivity contribution in [3.63, 3.8) is 0 Å². The number of carboxylic acids is 1. The molecule has 4 rings (SSSR count). The van der Waals surface area contributed by atoms with Crippen molar-refractivity contribution in [1.29, 1.82) is 0 Å². The van der Waals surface area contributed by atoms with Crippen molar-refractivity contribution in [3.05, 3.63) is 18.0 Å². The van der Waals surface area contributed by atoms with Gasteiger partial charge in [-0.05, 0) is 55.9 Å². The molecule has 3 aliphatic rings. The summed E-state index contributed by atoms with van der Waals surface area (Å²) in [5, 5.41) is 14.3. The van der Waals surface area contributed by atoms with Crippen molar-refractivity contribution in [3.8, 4) is 0 Å². The summed E-state index contributed by atoms with van der Waals surface area (Å²) < 4.78 is 7.18. The van der Waals surface area contributed by atoms with Gasteiger partial charge in [-0.3, -0.25) is 4.68 Å². The SMILES string of the molecule is O=C(O)C1(n2cc(C3CCOC3)cn2)CCC2(CCC2)CC1. The van der Waals surface area contributed by atoms with Crippen molar-refractivity contribution in [2.45, 2.75) is 62.8 Å². The summed E-state index contributed by atoms with van der Waals surface area (Å²) in [5.41, 5.74) is 0.745. The maximum atomic E-state index is 12.0. The Balaban J connectivity index is 1.58. The Labute approximate surface area is 130 Å². The Morgan fingerprint density at radius 2 is 2.05 bits per heavy atom. The highest BCUT2D eigenvalue weighted by Crippen LogP contribution is 2.55. The number of hydrogen-bond donors (Lipinski definition) is 1. The zero-order valence-electron chi connectivity index (χ0n) is 13.0. The van der Waals surface area contributed by atoms with E-state index in [9.17, 15) is 9.90 Å². The molecule has 0 radical (unpaired) electrons. The summed E-state index contributed by atoms with van der Waals surface area (Å²) >= 11 is 0. The number of nitrogens with zero attached hydrogens (tertiary/aromatic N) is 2. The summed E-state index contributed by atoms with van der Waals surface area (Å²) in [6, 6.07) is 0. The van der Waals surface area contributed by atoms with Gasteiger partial charge in [-0.1, -0.05) is 6.42 Å². The van der Waals surface area contributed by atoms with Crippen LogP contribution in [0.25, 0.3) is 0 Å². The molecule has 1 N–H and O–H groups in total. The van der Waals surface area contributed by atoms with Gasteiger partial charge < -0.3 is 9.84 Å². The van der Waals surface area contributed by atoms with Crippen LogP contribution in [0.3, 0.4) is 0 Å². The van der Waals surface area contributed by atoms with E-state index in [-0.39, 0.29) is 0 Å². The summed E-state index contributed by atoms with van der Waals surface area (Å²) in [6.45, 7) is 1.53. The van der Waals surface area contributed by atoms with E-state index in [1.54, 1.807) is 4.68 Å². The Hall–Kier alpha value is -1.36. The van der Waals surface area contributed by atoms with Gasteiger partial charge in [-0.15, -0.1) is 0 Å². The molecule has 0 bridgehead atoms. The Kier molecular flexibility index (Phi) is 3.29. The molecule has 5 nitrogen and oxygen atoms in total. The number of carboxylic acid groups (broad SMARTS) is 1. The van der Waals surface area contributed by atoms with Gasteiger partial charge in [-0.25, -0.2) is 4.79 Å². The second-order valence-corrected chi connectivity index (χ2v) is 7.47. The largest absolute Gasteiger partial charge is 0.479 e. The minimum Gasteiger partial charge on any atom is -0.479 e. The molecule has 22 heavy (non-hydrogen) atoms. The summed E-state index contributed by atoms with van der Waals surface area (Å²) in [7, 11) is 0. The first-order chi connectivity index (χ1) is 10.6. The summed E-state index contributed by atoms with van der Waals surface area (Å²) in [4.78, 5) is 12.0. The zero-order chi connectivity index (χ0) is 15.2. The van der Waals surface area contributed by atoms with E-state index >= 15 is 0 Å². The molecule has 2 heterocycles. The average molecular weight is 304 g/mol. The van der Waals surface area contributed by atoms with E-state index in [1.807, 2.05) is 12.4 Å². The maximum absolute atomic E-state index is 12.0. The van der Waals surface area contributed by atoms with Crippen LogP contribution in [0.4, 0.5) is 0 Å². The second kappa shape index (κ2) is 5.08. The molecule has 1 atom stereocenters. The molecule has 3 fully saturated rings. The van der Waals surface area contributed by atoms with Gasteiger partial charge in [0.1, 0.15) is 0 Å². The third-order valence-corrected chi connectivity index (χ3v) is 6.39. The molecule has 1 aromatic heterocycles. The van der Waals surface area contributed by atoms with E-state index < -0.39 is 11.5 Å². The number of aromatic nitrogens is 2. The van der Waals surface area contributed by atoms with Crippen LogP contribution in [0, 0.1) is 5.41 Å². The number of rotatable bonds is 3. The average Bonchev–Trinajstić information content (AvgIpc) is 3.16. The van der Waals surface area contributed by atoms with Crippen LogP contribution in [0.15, 0.2) is 12.4 Å². The van der Waals surface area contributed by atoms with Crippen LogP contribution >= 0.6 is 0 Å². The van der Waals surface area contributed by atoms with Gasteiger partial charge in [-0.2, -0.15) is 5.10 Å². The second-order valence-electron chi connectivity index (χ2n) is 7.47. The van der Waals surface area contributed by atoms with E-state index in [0.717, 1.165) is 38.0 Å². The van der Waals surface area contributed by atoms with Crippen LogP contribution in [0.5, 0.6) is 0 Å². The Morgan fingerprint density at radius 3 is 2.59 bits per heavy atom. The molecule has 0 amide bonds. The fourth-order valence-electron chi connectivity index (χ4n) is 4.49. The molecule has 2 aliphatic carbocycles. The lowest BCUT2D eigenvalue weighted by Gasteiger charge is -2.49. The van der Waals surface area contributed by atoms with Gasteiger partial charge in [0, 0.05) is 18.7 Å². The van der Waals surface area contributed by atoms with Crippen molar-refractivity contribution < 1.29 is 14.6 Å². The molecule has 5 heteroatoms. The van der Waals surface area contributed by atoms with Gasteiger partial charge >= 0.3 is 5.97 Å². The quantitative estimate of drug-likeness (QED) is 0.932. The zero-order valence-corrected chi connectivity index (χ0v) is 13.0. The molecule has 1 saturated heterocycles. The molecular formula is C17H24N2O3. The highest BCUT2D eigenvalue weighted by molar-refractivity contribution is 5.76. The number of carbonyl (C=O) groups is 1. The predicted octanol–water partition coefficient (Wildman–Crippen LogP) is 2.91. The molecule has 1 aliphatic heterocycles. The van der Waals surface area contributed by atoms with Gasteiger partial charge in [0.15, 0.2) is 5.54 Å². The predicted molar refractivity (Wildman–Crippen MR) is 80.8 cm³/mol. The number of ether oxygens (including phenoxy) is 1. The van der Waals surface area contributed by atoms with Gasteiger partial charge in [0.25, 0.3) is 0 Å². The van der Waals surface area contributed by atoms with Crippen LogP contribution in [-0.4, -0.2) is 34.1 Å². The van der Waals surface area contributed by atoms with Crippen LogP contribution < -0.4 is 0 Å². The molecule has 1 unspecified atom stereocenters. The monoisotopic (exact) mass is 304 g/mol. The number of hydrogen-bond acceptors (Lipinski definition) is 3. The first-order valence-electron chi connectivity index (χ1n) is 8.50. The van der Waals surface area contributed by atoms with E-state index in [1.165, 1.54) is 19.3 Å². The lowest BCUT2D eigenvalue weighted by atomic mass is 9.57. The van der Waals surface area contributed by atoms with Crippen molar-refractivity contribution >= 4 is 5.97 Å². The third-order valence-electron chi connectivity index (χ3n) is 6.39. The van der Waals surface area contributed by atoms with E-state index in [2.05, 4.69) is 5.10 Å². The first kappa shape index (κ1) is 14.2. The highest BCUT2D eigenvalue weighted by Gasteiger charge is 2.51. The van der Waals surface area contributed by atoms with Crippen molar-refractivity contribution in [1.82, 2.24) is 9.78 Å². The lowest BCUT2D eigenvalue weighted by molar-refractivity contribution is -0.153. The van der Waals surface area contributed by atoms with Crippen LogP contribution in [-0.2, 0) is 15.1 Å². The molecule has 2 saturated carbocycles. The molecular weight excluding hydrogens is 280 g/mol. The fraction of sp³-hybridized carbons (Fsp3) is 0.765. The molecule has 120 valence electrons.